The Balaban J connectivity index is 1.44. The number of carbonyl (C=O) groups is 1. The summed E-state index contributed by atoms with van der Waals surface area (Å²) in [4.78, 5) is 11.9. The van der Waals surface area contributed by atoms with Crippen molar-refractivity contribution in [2.45, 2.75) is 25.9 Å². The highest BCUT2D eigenvalue weighted by atomic mass is 35.5. The third-order valence-electron chi connectivity index (χ3n) is 3.49. The monoisotopic (exact) mass is 344 g/mol. The van der Waals surface area contributed by atoms with E-state index in [1.807, 2.05) is 29.1 Å². The maximum atomic E-state index is 11.9. The van der Waals surface area contributed by atoms with Crippen molar-refractivity contribution in [1.29, 1.82) is 0 Å². The number of carbonyl (C=O) groups excluding carboxylic acids is 1. The van der Waals surface area contributed by atoms with E-state index in [2.05, 4.69) is 27.7 Å². The average Bonchev–Trinajstić information content (AvgIpc) is 3.21. The Labute approximate surface area is 144 Å². The molecule has 124 valence electrons. The van der Waals surface area contributed by atoms with Crippen LogP contribution in [0, 0.1) is 0 Å². The van der Waals surface area contributed by atoms with Crippen LogP contribution in [0.1, 0.15) is 23.3 Å². The van der Waals surface area contributed by atoms with Gasteiger partial charge in [0.15, 0.2) is 5.15 Å². The predicted molar refractivity (Wildman–Crippen MR) is 89.5 cm³/mol. The van der Waals surface area contributed by atoms with Gasteiger partial charge >= 0.3 is 0 Å². The largest absolute Gasteiger partial charge is 0.360 e. The summed E-state index contributed by atoms with van der Waals surface area (Å²) in [6.07, 6.45) is 4.49. The van der Waals surface area contributed by atoms with Crippen LogP contribution in [-0.4, -0.2) is 20.8 Å². The number of hydrogen-bond donors (Lipinski definition) is 1. The van der Waals surface area contributed by atoms with E-state index in [1.54, 1.807) is 12.3 Å². The summed E-state index contributed by atoms with van der Waals surface area (Å²) in [5, 5.41) is 11.1. The standard InChI is InChI=1S/C17H17ClN4O2/c18-16-8-15(24-21-16)6-7-17(23)19-9-14-10-20-22(12-14)11-13-4-2-1-3-5-13/h1-5,8,10,12H,6-7,9,11H2,(H,19,23). The van der Waals surface area contributed by atoms with Crippen molar-refractivity contribution >= 4 is 17.5 Å². The minimum Gasteiger partial charge on any atom is -0.360 e. The molecule has 0 fully saturated rings. The molecule has 0 radical (unpaired) electrons. The van der Waals surface area contributed by atoms with Gasteiger partial charge in [-0.2, -0.15) is 5.10 Å². The van der Waals surface area contributed by atoms with Gasteiger partial charge in [-0.15, -0.1) is 0 Å². The zero-order valence-electron chi connectivity index (χ0n) is 13.0. The normalized spacial score (nSPS) is 10.7. The predicted octanol–water partition coefficient (Wildman–Crippen LogP) is 2.82. The molecule has 0 aliphatic rings. The number of amides is 1. The second kappa shape index (κ2) is 7.79. The van der Waals surface area contributed by atoms with Crippen LogP contribution in [0.15, 0.2) is 53.3 Å². The molecule has 1 N–H and O–H groups in total. The second-order valence-corrected chi connectivity index (χ2v) is 5.81. The van der Waals surface area contributed by atoms with Crippen molar-refractivity contribution in [3.63, 3.8) is 0 Å². The summed E-state index contributed by atoms with van der Waals surface area (Å²) in [6.45, 7) is 1.16. The number of nitrogens with zero attached hydrogens (tertiary/aromatic N) is 3. The van der Waals surface area contributed by atoms with E-state index >= 15 is 0 Å². The molecular weight excluding hydrogens is 328 g/mol. The fourth-order valence-electron chi connectivity index (χ4n) is 2.29. The first kappa shape index (κ1) is 16.3. The van der Waals surface area contributed by atoms with Gasteiger partial charge in [0.1, 0.15) is 5.76 Å². The molecule has 2 heterocycles. The molecule has 0 atom stereocenters. The summed E-state index contributed by atoms with van der Waals surface area (Å²) in [6, 6.07) is 11.7. The molecule has 0 unspecified atom stereocenters. The molecule has 24 heavy (non-hydrogen) atoms. The molecule has 0 saturated heterocycles. The van der Waals surface area contributed by atoms with E-state index < -0.39 is 0 Å². The minimum atomic E-state index is -0.0571. The topological polar surface area (TPSA) is 73.0 Å². The number of benzene rings is 1. The van der Waals surface area contributed by atoms with Gasteiger partial charge in [0, 0.05) is 37.2 Å². The van der Waals surface area contributed by atoms with Gasteiger partial charge in [-0.25, -0.2) is 0 Å². The van der Waals surface area contributed by atoms with Gasteiger partial charge in [0.05, 0.1) is 12.7 Å². The molecule has 0 bridgehead atoms. The number of rotatable bonds is 7. The van der Waals surface area contributed by atoms with Crippen molar-refractivity contribution in [2.24, 2.45) is 0 Å². The first-order valence-corrected chi connectivity index (χ1v) is 8.00. The Morgan fingerprint density at radius 1 is 1.25 bits per heavy atom. The molecule has 0 spiro atoms. The van der Waals surface area contributed by atoms with Gasteiger partial charge < -0.3 is 9.84 Å². The Morgan fingerprint density at radius 3 is 2.83 bits per heavy atom. The molecule has 3 aromatic rings. The van der Waals surface area contributed by atoms with Crippen LogP contribution in [0.2, 0.25) is 5.15 Å². The van der Waals surface area contributed by atoms with E-state index in [1.165, 1.54) is 5.56 Å². The van der Waals surface area contributed by atoms with Gasteiger partial charge in [0.25, 0.3) is 0 Å². The smallest absolute Gasteiger partial charge is 0.220 e. The van der Waals surface area contributed by atoms with E-state index in [0.717, 1.165) is 5.56 Å². The van der Waals surface area contributed by atoms with Crippen LogP contribution in [0.4, 0.5) is 0 Å². The van der Waals surface area contributed by atoms with Crippen molar-refractivity contribution in [1.82, 2.24) is 20.3 Å². The van der Waals surface area contributed by atoms with Gasteiger partial charge in [-0.1, -0.05) is 47.1 Å². The van der Waals surface area contributed by atoms with Crippen LogP contribution < -0.4 is 5.32 Å². The molecule has 6 nitrogen and oxygen atoms in total. The number of aryl methyl sites for hydroxylation is 1. The van der Waals surface area contributed by atoms with Crippen LogP contribution in [0.5, 0.6) is 0 Å². The quantitative estimate of drug-likeness (QED) is 0.715. The molecule has 0 saturated carbocycles. The number of aromatic nitrogens is 3. The third-order valence-corrected chi connectivity index (χ3v) is 3.67. The number of hydrogen-bond acceptors (Lipinski definition) is 4. The fraction of sp³-hybridized carbons (Fsp3) is 0.235. The van der Waals surface area contributed by atoms with Crippen molar-refractivity contribution in [3.8, 4) is 0 Å². The summed E-state index contributed by atoms with van der Waals surface area (Å²) < 4.78 is 6.82. The minimum absolute atomic E-state index is 0.0571. The second-order valence-electron chi connectivity index (χ2n) is 5.42. The number of nitrogens with one attached hydrogen (secondary N) is 1. The summed E-state index contributed by atoms with van der Waals surface area (Å²) in [7, 11) is 0. The first-order valence-electron chi connectivity index (χ1n) is 7.62. The van der Waals surface area contributed by atoms with E-state index in [0.29, 0.717) is 36.8 Å². The SMILES string of the molecule is O=C(CCc1cc(Cl)no1)NCc1cnn(Cc2ccccc2)c1. The van der Waals surface area contributed by atoms with Gasteiger partial charge in [-0.05, 0) is 5.56 Å². The Bertz CT molecular complexity index is 798. The van der Waals surface area contributed by atoms with Crippen molar-refractivity contribution in [2.75, 3.05) is 0 Å². The third kappa shape index (κ3) is 4.70. The molecule has 1 amide bonds. The van der Waals surface area contributed by atoms with Crippen molar-refractivity contribution in [3.05, 3.63) is 70.8 Å². The van der Waals surface area contributed by atoms with E-state index in [-0.39, 0.29) is 5.91 Å². The number of halogens is 1. The van der Waals surface area contributed by atoms with Crippen LogP contribution in [0.25, 0.3) is 0 Å². The maximum absolute atomic E-state index is 11.9. The lowest BCUT2D eigenvalue weighted by molar-refractivity contribution is -0.121. The Kier molecular flexibility index (Phi) is 5.28. The highest BCUT2D eigenvalue weighted by Gasteiger charge is 2.07. The lowest BCUT2D eigenvalue weighted by Gasteiger charge is -2.03. The lowest BCUT2D eigenvalue weighted by atomic mass is 10.2. The zero-order valence-corrected chi connectivity index (χ0v) is 13.7. The molecular formula is C17H17ClN4O2. The van der Waals surface area contributed by atoms with Crippen LogP contribution in [0.3, 0.4) is 0 Å². The van der Waals surface area contributed by atoms with Gasteiger partial charge in [0.2, 0.25) is 5.91 Å². The summed E-state index contributed by atoms with van der Waals surface area (Å²) in [5.74, 6) is 0.546. The fourth-order valence-corrected chi connectivity index (χ4v) is 2.44. The molecule has 0 aliphatic carbocycles. The zero-order chi connectivity index (χ0) is 16.8. The van der Waals surface area contributed by atoms with Gasteiger partial charge in [-0.3, -0.25) is 9.48 Å². The molecule has 3 rings (SSSR count). The first-order chi connectivity index (χ1) is 11.7. The molecule has 7 heteroatoms. The highest BCUT2D eigenvalue weighted by molar-refractivity contribution is 6.29. The molecule has 0 aliphatic heterocycles. The summed E-state index contributed by atoms with van der Waals surface area (Å²) in [5.41, 5.74) is 2.14. The molecule has 1 aromatic carbocycles. The Morgan fingerprint density at radius 2 is 2.08 bits per heavy atom. The maximum Gasteiger partial charge on any atom is 0.220 e. The highest BCUT2D eigenvalue weighted by Crippen LogP contribution is 2.10. The van der Waals surface area contributed by atoms with E-state index in [9.17, 15) is 4.79 Å². The van der Waals surface area contributed by atoms with E-state index in [4.69, 9.17) is 16.1 Å². The Hall–Kier alpha value is -2.60. The van der Waals surface area contributed by atoms with Crippen molar-refractivity contribution < 1.29 is 9.32 Å². The van der Waals surface area contributed by atoms with Crippen LogP contribution in [-0.2, 0) is 24.3 Å². The molecule has 2 aromatic heterocycles. The summed E-state index contributed by atoms with van der Waals surface area (Å²) >= 11 is 5.66. The lowest BCUT2D eigenvalue weighted by Crippen LogP contribution is -2.22. The average molecular weight is 345 g/mol. The van der Waals surface area contributed by atoms with Crippen LogP contribution >= 0.6 is 11.6 Å².